The number of hydrogen-bond donors (Lipinski definition) is 0. The van der Waals surface area contributed by atoms with Crippen molar-refractivity contribution in [3.8, 4) is 17.9 Å². The molecule has 5 rings (SSSR count). The molecule has 0 saturated heterocycles. The summed E-state index contributed by atoms with van der Waals surface area (Å²) in [5.41, 5.74) is 5.53. The van der Waals surface area contributed by atoms with Crippen LogP contribution in [0.3, 0.4) is 0 Å². The fraction of sp³-hybridized carbons (Fsp3) is 0.167. The van der Waals surface area contributed by atoms with Crippen molar-refractivity contribution in [1.29, 1.82) is 5.26 Å². The molecule has 36 heavy (non-hydrogen) atoms. The largest absolute Gasteiger partial charge is 0.465 e. The van der Waals surface area contributed by atoms with E-state index in [0.717, 1.165) is 50.2 Å². The van der Waals surface area contributed by atoms with Crippen LogP contribution in [0.2, 0.25) is 0 Å². The highest BCUT2D eigenvalue weighted by Crippen LogP contribution is 2.30. The van der Waals surface area contributed by atoms with Crippen LogP contribution in [0.1, 0.15) is 38.6 Å². The molecule has 2 aromatic heterocycles. The van der Waals surface area contributed by atoms with Gasteiger partial charge >= 0.3 is 5.97 Å². The summed E-state index contributed by atoms with van der Waals surface area (Å²) in [7, 11) is 1.38. The van der Waals surface area contributed by atoms with E-state index in [4.69, 9.17) is 4.74 Å². The Labute approximate surface area is 213 Å². The van der Waals surface area contributed by atoms with Crippen LogP contribution >= 0.6 is 11.3 Å². The Balaban J connectivity index is 1.66. The Hall–Kier alpha value is -4.39. The van der Waals surface area contributed by atoms with Gasteiger partial charge in [0.25, 0.3) is 0 Å². The number of thiazole rings is 1. The number of methoxy groups -OCH3 is 1. The molecule has 0 amide bonds. The number of rotatable bonds is 6. The summed E-state index contributed by atoms with van der Waals surface area (Å²) in [6.07, 6.45) is 1.93. The molecule has 6 heteroatoms. The van der Waals surface area contributed by atoms with Crippen molar-refractivity contribution in [3.05, 3.63) is 100 Å². The standard InChI is InChI=1S/C30H23N3O2S/c1-35-30(34)22-13-15-27-24(20-22)23(14-12-21-8-3-2-4-9-21)26(33(27)19-7-18-31)16-17-29-32-25-10-5-6-11-28(25)36-29/h2-6,8-11,13,15,20H,7,12,14,19H2,1H3. The van der Waals surface area contributed by atoms with Gasteiger partial charge in [0.15, 0.2) is 5.01 Å². The Bertz CT molecular complexity index is 1630. The van der Waals surface area contributed by atoms with Crippen LogP contribution in [-0.4, -0.2) is 22.6 Å². The molecule has 5 aromatic rings. The van der Waals surface area contributed by atoms with Crippen molar-refractivity contribution < 1.29 is 9.53 Å². The molecule has 2 heterocycles. The van der Waals surface area contributed by atoms with Crippen molar-refractivity contribution in [2.75, 3.05) is 7.11 Å². The van der Waals surface area contributed by atoms with E-state index in [1.165, 1.54) is 12.7 Å². The van der Waals surface area contributed by atoms with Crippen LogP contribution < -0.4 is 0 Å². The van der Waals surface area contributed by atoms with Crippen LogP contribution in [0.25, 0.3) is 21.1 Å². The third-order valence-electron chi connectivity index (χ3n) is 6.12. The van der Waals surface area contributed by atoms with E-state index in [1.807, 2.05) is 54.6 Å². The van der Waals surface area contributed by atoms with Crippen molar-refractivity contribution >= 4 is 38.4 Å². The van der Waals surface area contributed by atoms with E-state index >= 15 is 0 Å². The number of nitriles is 1. The number of aromatic nitrogens is 2. The number of fused-ring (bicyclic) bond motifs is 2. The molecule has 0 aliphatic rings. The molecule has 0 fully saturated rings. The molecule has 0 aliphatic carbocycles. The first-order chi connectivity index (χ1) is 17.7. The molecule has 0 bridgehead atoms. The summed E-state index contributed by atoms with van der Waals surface area (Å²) in [5.74, 6) is 6.29. The first kappa shape index (κ1) is 23.4. The number of ether oxygens (including phenoxy) is 1. The van der Waals surface area contributed by atoms with Crippen LogP contribution in [0.4, 0.5) is 0 Å². The molecule has 0 saturated carbocycles. The van der Waals surface area contributed by atoms with Crippen molar-refractivity contribution in [2.45, 2.75) is 25.8 Å². The fourth-order valence-corrected chi connectivity index (χ4v) is 5.23. The quantitative estimate of drug-likeness (QED) is 0.212. The zero-order valence-corrected chi connectivity index (χ0v) is 20.6. The highest BCUT2D eigenvalue weighted by atomic mass is 32.1. The number of esters is 1. The second-order valence-electron chi connectivity index (χ2n) is 8.33. The zero-order chi connectivity index (χ0) is 24.9. The Morgan fingerprint density at radius 1 is 1.03 bits per heavy atom. The Kier molecular flexibility index (Phi) is 6.80. The number of para-hydroxylation sites is 1. The molecular weight excluding hydrogens is 466 g/mol. The summed E-state index contributed by atoms with van der Waals surface area (Å²) >= 11 is 1.57. The van der Waals surface area contributed by atoms with Crippen molar-refractivity contribution in [2.24, 2.45) is 0 Å². The van der Waals surface area contributed by atoms with Gasteiger partial charge in [-0.2, -0.15) is 5.26 Å². The summed E-state index contributed by atoms with van der Waals surface area (Å²) in [4.78, 5) is 17.0. The van der Waals surface area contributed by atoms with Gasteiger partial charge in [-0.3, -0.25) is 0 Å². The SMILES string of the molecule is COC(=O)c1ccc2c(c1)c(CCc1ccccc1)c(C#Cc1nc3ccccc3s1)n2CCC#N. The number of benzene rings is 3. The first-order valence-corrected chi connectivity index (χ1v) is 12.5. The van der Waals surface area contributed by atoms with Gasteiger partial charge in [0.05, 0.1) is 41.1 Å². The second-order valence-corrected chi connectivity index (χ2v) is 9.36. The van der Waals surface area contributed by atoms with Crippen LogP contribution in [0, 0.1) is 23.2 Å². The number of nitrogens with zero attached hydrogens (tertiary/aromatic N) is 3. The maximum atomic E-state index is 12.3. The maximum absolute atomic E-state index is 12.3. The molecular formula is C30H23N3O2S. The van der Waals surface area contributed by atoms with Gasteiger partial charge in [-0.15, -0.1) is 11.3 Å². The minimum atomic E-state index is -0.377. The van der Waals surface area contributed by atoms with E-state index in [9.17, 15) is 10.1 Å². The lowest BCUT2D eigenvalue weighted by Crippen LogP contribution is -2.02. The van der Waals surface area contributed by atoms with Crippen LogP contribution in [0.15, 0.2) is 72.8 Å². The van der Waals surface area contributed by atoms with E-state index in [-0.39, 0.29) is 5.97 Å². The lowest BCUT2D eigenvalue weighted by atomic mass is 10.0. The molecule has 5 nitrogen and oxygen atoms in total. The Morgan fingerprint density at radius 3 is 2.61 bits per heavy atom. The van der Waals surface area contributed by atoms with Crippen molar-refractivity contribution in [1.82, 2.24) is 9.55 Å². The van der Waals surface area contributed by atoms with Gasteiger partial charge in [-0.1, -0.05) is 42.5 Å². The molecule has 176 valence electrons. The topological polar surface area (TPSA) is 67.9 Å². The molecule has 0 aliphatic heterocycles. The van der Waals surface area contributed by atoms with Crippen LogP contribution in [-0.2, 0) is 24.1 Å². The van der Waals surface area contributed by atoms with Crippen LogP contribution in [0.5, 0.6) is 0 Å². The van der Waals surface area contributed by atoms with E-state index in [2.05, 4.69) is 39.6 Å². The lowest BCUT2D eigenvalue weighted by Gasteiger charge is -2.06. The average molecular weight is 490 g/mol. The van der Waals surface area contributed by atoms with Gasteiger partial charge in [-0.25, -0.2) is 9.78 Å². The minimum Gasteiger partial charge on any atom is -0.465 e. The zero-order valence-electron chi connectivity index (χ0n) is 19.8. The summed E-state index contributed by atoms with van der Waals surface area (Å²) in [6, 6.07) is 26.1. The normalized spacial score (nSPS) is 10.7. The molecule has 0 unspecified atom stereocenters. The average Bonchev–Trinajstić information content (AvgIpc) is 3.47. The van der Waals surface area contributed by atoms with E-state index in [1.54, 1.807) is 17.4 Å². The predicted molar refractivity (Wildman–Crippen MR) is 143 cm³/mol. The van der Waals surface area contributed by atoms with Gasteiger partial charge < -0.3 is 9.30 Å². The molecule has 0 radical (unpaired) electrons. The van der Waals surface area contributed by atoms with Gasteiger partial charge in [0, 0.05) is 17.4 Å². The monoisotopic (exact) mass is 489 g/mol. The summed E-state index contributed by atoms with van der Waals surface area (Å²) in [5, 5.41) is 11.0. The number of carbonyl (C=O) groups is 1. The lowest BCUT2D eigenvalue weighted by molar-refractivity contribution is 0.0601. The highest BCUT2D eigenvalue weighted by molar-refractivity contribution is 7.19. The van der Waals surface area contributed by atoms with Crippen molar-refractivity contribution in [3.63, 3.8) is 0 Å². The Morgan fingerprint density at radius 2 is 1.83 bits per heavy atom. The molecule has 0 N–H and O–H groups in total. The molecule has 3 aromatic carbocycles. The predicted octanol–water partition coefficient (Wildman–Crippen LogP) is 6.14. The number of hydrogen-bond acceptors (Lipinski definition) is 5. The summed E-state index contributed by atoms with van der Waals surface area (Å²) in [6.45, 7) is 0.514. The van der Waals surface area contributed by atoms with Gasteiger partial charge in [0.2, 0.25) is 0 Å². The third kappa shape index (κ3) is 4.73. The molecule has 0 spiro atoms. The first-order valence-electron chi connectivity index (χ1n) is 11.7. The maximum Gasteiger partial charge on any atom is 0.337 e. The third-order valence-corrected chi connectivity index (χ3v) is 7.08. The second kappa shape index (κ2) is 10.5. The minimum absolute atomic E-state index is 0.358. The fourth-order valence-electron chi connectivity index (χ4n) is 4.41. The van der Waals surface area contributed by atoms with E-state index < -0.39 is 0 Å². The van der Waals surface area contributed by atoms with Gasteiger partial charge in [-0.05, 0) is 66.1 Å². The smallest absolute Gasteiger partial charge is 0.337 e. The number of carbonyl (C=O) groups excluding carboxylic acids is 1. The molecule has 0 atom stereocenters. The summed E-state index contributed by atoms with van der Waals surface area (Å²) < 4.78 is 8.16. The van der Waals surface area contributed by atoms with E-state index in [0.29, 0.717) is 18.5 Å². The highest BCUT2D eigenvalue weighted by Gasteiger charge is 2.18. The van der Waals surface area contributed by atoms with Gasteiger partial charge in [0.1, 0.15) is 0 Å². The number of aryl methyl sites for hydroxylation is 3.